The van der Waals surface area contributed by atoms with E-state index in [1.54, 1.807) is 97.1 Å². The van der Waals surface area contributed by atoms with Gasteiger partial charge in [0.2, 0.25) is 0 Å². The van der Waals surface area contributed by atoms with Gasteiger partial charge in [0.1, 0.15) is 47.5 Å². The summed E-state index contributed by atoms with van der Waals surface area (Å²) in [7, 11) is 0. The average Bonchev–Trinajstić information content (AvgIpc) is 3.37. The molecule has 0 saturated carbocycles. The molecular formula is C58H68O11. The summed E-state index contributed by atoms with van der Waals surface area (Å²) in [5.41, 5.74) is 1.99. The quantitative estimate of drug-likeness (QED) is 0.0113. The number of unbranched alkanes of at least 4 members (excludes halogenated alkanes) is 14. The first-order valence-corrected chi connectivity index (χ1v) is 24.6. The first-order chi connectivity index (χ1) is 33.7. The molecule has 0 heterocycles. The Bertz CT molecular complexity index is 2180. The highest BCUT2D eigenvalue weighted by Crippen LogP contribution is 2.22. The van der Waals surface area contributed by atoms with Crippen LogP contribution in [0, 0.1) is 0 Å². The molecule has 0 aliphatic rings. The molecule has 0 spiro atoms. The third-order valence-electron chi connectivity index (χ3n) is 11.4. The summed E-state index contributed by atoms with van der Waals surface area (Å²) in [6.07, 6.45) is 20.9. The van der Waals surface area contributed by atoms with Crippen LogP contribution < -0.4 is 18.9 Å². The Kier molecular flexibility index (Phi) is 23.5. The largest absolute Gasteiger partial charge is 0.508 e. The van der Waals surface area contributed by atoms with Gasteiger partial charge in [0, 0.05) is 0 Å². The van der Waals surface area contributed by atoms with Crippen LogP contribution in [0.25, 0.3) is 6.08 Å². The van der Waals surface area contributed by atoms with Gasteiger partial charge >= 0.3 is 23.9 Å². The lowest BCUT2D eigenvalue weighted by molar-refractivity contribution is -0.148. The van der Waals surface area contributed by atoms with E-state index in [2.05, 4.69) is 13.8 Å². The number of carbonyl (C=O) groups excluding carboxylic acids is 4. The number of hydrogen-bond donors (Lipinski definition) is 1. The number of rotatable bonds is 31. The minimum atomic E-state index is -0.931. The zero-order valence-electron chi connectivity index (χ0n) is 40.3. The molecule has 5 aromatic rings. The molecule has 11 nitrogen and oxygen atoms in total. The summed E-state index contributed by atoms with van der Waals surface area (Å²) >= 11 is 0. The predicted molar refractivity (Wildman–Crippen MR) is 268 cm³/mol. The van der Waals surface area contributed by atoms with E-state index in [4.69, 9.17) is 28.4 Å². The molecule has 0 saturated heterocycles. The van der Waals surface area contributed by atoms with Crippen molar-refractivity contribution in [2.45, 2.75) is 130 Å². The number of esters is 4. The van der Waals surface area contributed by atoms with Gasteiger partial charge in [0.15, 0.2) is 0 Å². The highest BCUT2D eigenvalue weighted by Gasteiger charge is 2.22. The standard InChI is InChI=1S/C58H68O11/c1-3-5-7-9-11-13-15-17-39-64-50-35-25-47(26-36-50)55(60)68-52-31-21-45(22-32-52)42-66-57(62)54(41-44-19-29-49(59)30-20-44)58(63)67-43-46-23-33-53(34-24-46)69-56(61)48-27-37-51(38-28-48)65-40-18-16-14-12-10-8-6-4-2/h19-38,41,59H,3-18,39-40,42-43H2,1-2H3. The smallest absolute Gasteiger partial charge is 0.345 e. The summed E-state index contributed by atoms with van der Waals surface area (Å²) < 4.78 is 33.9. The second-order valence-electron chi connectivity index (χ2n) is 17.1. The highest BCUT2D eigenvalue weighted by molar-refractivity contribution is 6.17. The van der Waals surface area contributed by atoms with Crippen LogP contribution in [0.4, 0.5) is 0 Å². The highest BCUT2D eigenvalue weighted by atomic mass is 16.6. The van der Waals surface area contributed by atoms with Crippen LogP contribution in [0.3, 0.4) is 0 Å². The normalized spacial score (nSPS) is 10.8. The molecular weight excluding hydrogens is 873 g/mol. The van der Waals surface area contributed by atoms with Gasteiger partial charge in [-0.3, -0.25) is 0 Å². The van der Waals surface area contributed by atoms with E-state index in [0.717, 1.165) is 25.7 Å². The number of aromatic hydroxyl groups is 1. The first-order valence-electron chi connectivity index (χ1n) is 24.6. The maximum absolute atomic E-state index is 13.4. The molecule has 0 atom stereocenters. The Hall–Kier alpha value is -6.88. The van der Waals surface area contributed by atoms with Crippen LogP contribution in [-0.4, -0.2) is 42.2 Å². The molecule has 11 heteroatoms. The molecule has 0 unspecified atom stereocenters. The molecule has 0 fully saturated rings. The van der Waals surface area contributed by atoms with Crippen LogP contribution >= 0.6 is 0 Å². The number of phenolic OH excluding ortho intramolecular Hbond substituents is 1. The summed E-state index contributed by atoms with van der Waals surface area (Å²) in [6, 6.07) is 32.5. The second kappa shape index (κ2) is 30.5. The minimum Gasteiger partial charge on any atom is -0.508 e. The van der Waals surface area contributed by atoms with Crippen molar-refractivity contribution in [3.63, 3.8) is 0 Å². The number of phenols is 1. The lowest BCUT2D eigenvalue weighted by Gasteiger charge is -2.11. The van der Waals surface area contributed by atoms with E-state index in [0.29, 0.717) is 64.0 Å². The molecule has 5 aromatic carbocycles. The second-order valence-corrected chi connectivity index (χ2v) is 17.1. The van der Waals surface area contributed by atoms with Crippen molar-refractivity contribution in [2.24, 2.45) is 0 Å². The van der Waals surface area contributed by atoms with E-state index in [-0.39, 0.29) is 24.5 Å². The number of benzene rings is 5. The Morgan fingerprint density at radius 3 is 1.14 bits per heavy atom. The summed E-state index contributed by atoms with van der Waals surface area (Å²) in [5.74, 6) is -0.917. The van der Waals surface area contributed by atoms with Crippen molar-refractivity contribution in [1.82, 2.24) is 0 Å². The lowest BCUT2D eigenvalue weighted by atomic mass is 10.1. The van der Waals surface area contributed by atoms with Crippen molar-refractivity contribution in [2.75, 3.05) is 13.2 Å². The Morgan fingerprint density at radius 2 is 0.768 bits per heavy atom. The first kappa shape index (κ1) is 53.1. The third-order valence-corrected chi connectivity index (χ3v) is 11.4. The fourth-order valence-corrected chi connectivity index (χ4v) is 7.26. The zero-order valence-corrected chi connectivity index (χ0v) is 40.3. The van der Waals surface area contributed by atoms with Crippen molar-refractivity contribution in [1.29, 1.82) is 0 Å². The van der Waals surface area contributed by atoms with E-state index in [1.807, 2.05) is 0 Å². The van der Waals surface area contributed by atoms with Gasteiger partial charge in [-0.15, -0.1) is 0 Å². The van der Waals surface area contributed by atoms with Crippen molar-refractivity contribution >= 4 is 30.0 Å². The maximum atomic E-state index is 13.4. The molecule has 5 rings (SSSR count). The summed E-state index contributed by atoms with van der Waals surface area (Å²) in [4.78, 5) is 52.5. The molecule has 0 amide bonds. The molecule has 1 N–H and O–H groups in total. The van der Waals surface area contributed by atoms with Crippen molar-refractivity contribution in [3.8, 4) is 28.7 Å². The fraction of sp³-hybridized carbons (Fsp3) is 0.379. The van der Waals surface area contributed by atoms with E-state index in [1.165, 1.54) is 107 Å². The van der Waals surface area contributed by atoms with Gasteiger partial charge in [-0.05, 0) is 121 Å². The third kappa shape index (κ3) is 20.1. The Morgan fingerprint density at radius 1 is 0.420 bits per heavy atom. The van der Waals surface area contributed by atoms with Gasteiger partial charge in [0.25, 0.3) is 0 Å². The molecule has 0 aliphatic carbocycles. The Balaban J connectivity index is 1.05. The van der Waals surface area contributed by atoms with Crippen LogP contribution in [0.15, 0.2) is 127 Å². The SMILES string of the molecule is CCCCCCCCCCOc1ccc(C(=O)Oc2ccc(COC(=O)C(=Cc3ccc(O)cc3)C(=O)OCc3ccc(OC(=O)c4ccc(OCCCCCCCCCC)cc4)cc3)cc2)cc1. The van der Waals surface area contributed by atoms with Crippen molar-refractivity contribution < 1.29 is 52.7 Å². The predicted octanol–water partition coefficient (Wildman–Crippen LogP) is 13.7. The fourth-order valence-electron chi connectivity index (χ4n) is 7.26. The molecule has 0 aromatic heterocycles. The monoisotopic (exact) mass is 940 g/mol. The van der Waals surface area contributed by atoms with Crippen LogP contribution in [0.1, 0.15) is 154 Å². The summed E-state index contributed by atoms with van der Waals surface area (Å²) in [6.45, 7) is 5.33. The molecule has 0 radical (unpaired) electrons. The maximum Gasteiger partial charge on any atom is 0.345 e. The number of hydrogen-bond acceptors (Lipinski definition) is 11. The van der Waals surface area contributed by atoms with Crippen LogP contribution in [0.5, 0.6) is 28.7 Å². The number of carbonyl (C=O) groups is 4. The average molecular weight is 941 g/mol. The van der Waals surface area contributed by atoms with Gasteiger partial charge in [-0.25, -0.2) is 19.2 Å². The minimum absolute atomic E-state index is 0.0151. The number of ether oxygens (including phenoxy) is 6. The summed E-state index contributed by atoms with van der Waals surface area (Å²) in [5, 5.41) is 9.77. The van der Waals surface area contributed by atoms with E-state index >= 15 is 0 Å². The molecule has 366 valence electrons. The van der Waals surface area contributed by atoms with Crippen LogP contribution in [-0.2, 0) is 32.3 Å². The lowest BCUT2D eigenvalue weighted by Crippen LogP contribution is -2.18. The van der Waals surface area contributed by atoms with Gasteiger partial charge < -0.3 is 33.5 Å². The van der Waals surface area contributed by atoms with Crippen LogP contribution in [0.2, 0.25) is 0 Å². The zero-order chi connectivity index (χ0) is 48.9. The van der Waals surface area contributed by atoms with Gasteiger partial charge in [0.05, 0.1) is 24.3 Å². The van der Waals surface area contributed by atoms with Gasteiger partial charge in [-0.1, -0.05) is 140 Å². The van der Waals surface area contributed by atoms with Gasteiger partial charge in [-0.2, -0.15) is 0 Å². The molecule has 69 heavy (non-hydrogen) atoms. The van der Waals surface area contributed by atoms with E-state index in [9.17, 15) is 24.3 Å². The topological polar surface area (TPSA) is 144 Å². The molecule has 0 aliphatic heterocycles. The molecule has 0 bridgehead atoms. The Labute approximate surface area is 407 Å². The van der Waals surface area contributed by atoms with E-state index < -0.39 is 23.9 Å². The van der Waals surface area contributed by atoms with Crippen molar-refractivity contribution in [3.05, 3.63) is 155 Å².